The highest BCUT2D eigenvalue weighted by Gasteiger charge is 2.11. The highest BCUT2D eigenvalue weighted by molar-refractivity contribution is 9.10. The number of halogens is 1. The van der Waals surface area contributed by atoms with Crippen LogP contribution < -0.4 is 19.5 Å². The van der Waals surface area contributed by atoms with Crippen molar-refractivity contribution >= 4 is 21.8 Å². The number of benzene rings is 2. The first kappa shape index (κ1) is 22.1. The Morgan fingerprint density at radius 1 is 0.964 bits per heavy atom. The topological polar surface area (TPSA) is 56.8 Å². The summed E-state index contributed by atoms with van der Waals surface area (Å²) in [7, 11) is 1.61. The molecule has 0 unspecified atom stereocenters. The summed E-state index contributed by atoms with van der Waals surface area (Å²) in [6.45, 7) is 5.88. The molecule has 0 saturated heterocycles. The van der Waals surface area contributed by atoms with E-state index in [0.29, 0.717) is 36.8 Å². The minimum atomic E-state index is -0.147. The van der Waals surface area contributed by atoms with Crippen LogP contribution in [0.15, 0.2) is 40.9 Å². The maximum Gasteiger partial charge on any atom is 0.251 e. The number of carbonyl (C=O) groups is 1. The largest absolute Gasteiger partial charge is 0.493 e. The van der Waals surface area contributed by atoms with Gasteiger partial charge < -0.3 is 19.5 Å². The van der Waals surface area contributed by atoms with Crippen molar-refractivity contribution in [2.24, 2.45) is 0 Å². The van der Waals surface area contributed by atoms with Gasteiger partial charge in [0.15, 0.2) is 11.5 Å². The number of hydrogen-bond acceptors (Lipinski definition) is 4. The summed E-state index contributed by atoms with van der Waals surface area (Å²) in [5.74, 6) is 1.97. The fourth-order valence-corrected chi connectivity index (χ4v) is 3.02. The van der Waals surface area contributed by atoms with Crippen LogP contribution in [0, 0.1) is 0 Å². The average molecular weight is 450 g/mol. The van der Waals surface area contributed by atoms with Crippen LogP contribution in [0.25, 0.3) is 0 Å². The van der Waals surface area contributed by atoms with Crippen molar-refractivity contribution in [3.63, 3.8) is 0 Å². The van der Waals surface area contributed by atoms with Gasteiger partial charge in [-0.25, -0.2) is 0 Å². The SMILES string of the molecule is CCCCOc1ccc(C(=O)NCc2ccc(OCCC)c(OC)c2)cc1Br. The zero-order valence-corrected chi connectivity index (χ0v) is 18.3. The summed E-state index contributed by atoms with van der Waals surface area (Å²) >= 11 is 3.48. The van der Waals surface area contributed by atoms with Crippen molar-refractivity contribution in [3.05, 3.63) is 52.0 Å². The van der Waals surface area contributed by atoms with Gasteiger partial charge in [0.2, 0.25) is 0 Å². The summed E-state index contributed by atoms with van der Waals surface area (Å²) in [6.07, 6.45) is 3.01. The van der Waals surface area contributed by atoms with E-state index >= 15 is 0 Å². The second-order valence-corrected chi connectivity index (χ2v) is 7.22. The quantitative estimate of drug-likeness (QED) is 0.469. The first-order chi connectivity index (χ1) is 13.6. The van der Waals surface area contributed by atoms with Crippen LogP contribution in [-0.4, -0.2) is 26.2 Å². The molecule has 0 aromatic heterocycles. The van der Waals surface area contributed by atoms with Crippen molar-refractivity contribution in [2.45, 2.75) is 39.7 Å². The van der Waals surface area contributed by atoms with Crippen LogP contribution in [0.5, 0.6) is 17.2 Å². The maximum atomic E-state index is 12.5. The van der Waals surface area contributed by atoms with E-state index in [-0.39, 0.29) is 5.91 Å². The van der Waals surface area contributed by atoms with E-state index in [4.69, 9.17) is 14.2 Å². The molecule has 0 aliphatic heterocycles. The minimum Gasteiger partial charge on any atom is -0.493 e. The fourth-order valence-electron chi connectivity index (χ4n) is 2.52. The normalized spacial score (nSPS) is 10.4. The second-order valence-electron chi connectivity index (χ2n) is 6.36. The first-order valence-electron chi connectivity index (χ1n) is 9.59. The van der Waals surface area contributed by atoms with E-state index in [1.165, 1.54) is 0 Å². The molecule has 2 aromatic rings. The number of amides is 1. The average Bonchev–Trinajstić information content (AvgIpc) is 2.71. The Labute approximate surface area is 175 Å². The van der Waals surface area contributed by atoms with Crippen LogP contribution in [0.3, 0.4) is 0 Å². The van der Waals surface area contributed by atoms with Gasteiger partial charge >= 0.3 is 0 Å². The number of carbonyl (C=O) groups excluding carboxylic acids is 1. The molecule has 152 valence electrons. The van der Waals surface area contributed by atoms with Gasteiger partial charge in [-0.2, -0.15) is 0 Å². The Morgan fingerprint density at radius 3 is 2.39 bits per heavy atom. The summed E-state index contributed by atoms with van der Waals surface area (Å²) < 4.78 is 17.5. The van der Waals surface area contributed by atoms with E-state index in [1.54, 1.807) is 19.2 Å². The molecule has 0 heterocycles. The Kier molecular flexibility index (Phi) is 9.14. The zero-order chi connectivity index (χ0) is 20.4. The molecule has 0 spiro atoms. The van der Waals surface area contributed by atoms with E-state index in [2.05, 4.69) is 35.1 Å². The molecule has 0 fully saturated rings. The van der Waals surface area contributed by atoms with Crippen molar-refractivity contribution in [2.75, 3.05) is 20.3 Å². The number of hydrogen-bond donors (Lipinski definition) is 1. The Morgan fingerprint density at radius 2 is 1.71 bits per heavy atom. The summed E-state index contributed by atoms with van der Waals surface area (Å²) in [5, 5.41) is 2.93. The van der Waals surface area contributed by atoms with Gasteiger partial charge in [0.05, 0.1) is 24.8 Å². The number of methoxy groups -OCH3 is 1. The third-order valence-corrected chi connectivity index (χ3v) is 4.71. The molecule has 0 aliphatic rings. The molecule has 1 amide bonds. The lowest BCUT2D eigenvalue weighted by Crippen LogP contribution is -2.22. The lowest BCUT2D eigenvalue weighted by molar-refractivity contribution is 0.0950. The van der Waals surface area contributed by atoms with E-state index in [1.807, 2.05) is 24.3 Å². The van der Waals surface area contributed by atoms with Crippen LogP contribution in [-0.2, 0) is 6.54 Å². The van der Waals surface area contributed by atoms with Crippen LogP contribution in [0.2, 0.25) is 0 Å². The smallest absolute Gasteiger partial charge is 0.251 e. The molecular weight excluding hydrogens is 422 g/mol. The molecule has 0 radical (unpaired) electrons. The van der Waals surface area contributed by atoms with Crippen LogP contribution >= 0.6 is 15.9 Å². The third-order valence-electron chi connectivity index (χ3n) is 4.09. The van der Waals surface area contributed by atoms with Crippen molar-refractivity contribution in [1.29, 1.82) is 0 Å². The second kappa shape index (κ2) is 11.6. The molecular formula is C22H28BrNO4. The Bertz CT molecular complexity index is 779. The fraction of sp³-hybridized carbons (Fsp3) is 0.409. The van der Waals surface area contributed by atoms with Crippen LogP contribution in [0.4, 0.5) is 0 Å². The lowest BCUT2D eigenvalue weighted by Gasteiger charge is -2.13. The third kappa shape index (κ3) is 6.44. The molecule has 0 bridgehead atoms. The van der Waals surface area contributed by atoms with Gasteiger partial charge in [-0.3, -0.25) is 4.79 Å². The number of rotatable bonds is 11. The minimum absolute atomic E-state index is 0.147. The summed E-state index contributed by atoms with van der Waals surface area (Å²) in [6, 6.07) is 11.0. The molecule has 0 aliphatic carbocycles. The van der Waals surface area contributed by atoms with Gasteiger partial charge in [0.25, 0.3) is 5.91 Å². The molecule has 6 heteroatoms. The predicted molar refractivity (Wildman–Crippen MR) is 114 cm³/mol. The van der Waals surface area contributed by atoms with Gasteiger partial charge in [-0.15, -0.1) is 0 Å². The highest BCUT2D eigenvalue weighted by Crippen LogP contribution is 2.29. The van der Waals surface area contributed by atoms with Gasteiger partial charge in [0.1, 0.15) is 5.75 Å². The standard InChI is InChI=1S/C22H28BrNO4/c1-4-6-12-28-19-10-8-17(14-18(19)23)22(25)24-15-16-7-9-20(27-11-5-2)21(13-16)26-3/h7-10,13-14H,4-6,11-12,15H2,1-3H3,(H,24,25). The predicted octanol–water partition coefficient (Wildman–Crippen LogP) is 5.36. The first-order valence-corrected chi connectivity index (χ1v) is 10.4. The Balaban J connectivity index is 1.97. The molecule has 5 nitrogen and oxygen atoms in total. The maximum absolute atomic E-state index is 12.5. The van der Waals surface area contributed by atoms with E-state index in [0.717, 1.165) is 35.0 Å². The van der Waals surface area contributed by atoms with Crippen molar-refractivity contribution in [1.82, 2.24) is 5.32 Å². The molecule has 1 N–H and O–H groups in total. The lowest BCUT2D eigenvalue weighted by atomic mass is 10.1. The van der Waals surface area contributed by atoms with E-state index in [9.17, 15) is 4.79 Å². The van der Waals surface area contributed by atoms with Crippen molar-refractivity contribution in [3.8, 4) is 17.2 Å². The highest BCUT2D eigenvalue weighted by atomic mass is 79.9. The number of ether oxygens (including phenoxy) is 3. The van der Waals surface area contributed by atoms with E-state index < -0.39 is 0 Å². The summed E-state index contributed by atoms with van der Waals surface area (Å²) in [5.41, 5.74) is 1.51. The van der Waals surface area contributed by atoms with Gasteiger partial charge in [-0.1, -0.05) is 26.3 Å². The number of unbranched alkanes of at least 4 members (excludes halogenated alkanes) is 1. The molecule has 28 heavy (non-hydrogen) atoms. The molecule has 0 saturated carbocycles. The van der Waals surface area contributed by atoms with Gasteiger partial charge in [-0.05, 0) is 64.7 Å². The number of nitrogens with one attached hydrogen (secondary N) is 1. The van der Waals surface area contributed by atoms with Gasteiger partial charge in [0, 0.05) is 12.1 Å². The van der Waals surface area contributed by atoms with Crippen molar-refractivity contribution < 1.29 is 19.0 Å². The molecule has 2 rings (SSSR count). The monoisotopic (exact) mass is 449 g/mol. The van der Waals surface area contributed by atoms with Crippen LogP contribution in [0.1, 0.15) is 49.0 Å². The Hall–Kier alpha value is -2.21. The summed E-state index contributed by atoms with van der Waals surface area (Å²) in [4.78, 5) is 12.5. The zero-order valence-electron chi connectivity index (χ0n) is 16.7. The molecule has 2 aromatic carbocycles. The molecule has 0 atom stereocenters.